The standard InChI is InChI=1S/C29H42N4O4/c1-18(2)7-6-8-19(3)24-11-12-25-23-10-14-26(20(4)22(23)15-16-29(24,25)5)30-31-27-13-9-21(32(34)35)17-28(27)33(36)37/h9-10,13-14,17-20,22-25,31H,6-8,11-12,15-16H2,1-5H3/b30-26+/t19-,20+,22-,23-,24-,25-,29+/m1/s1. The Bertz CT molecular complexity index is 1080. The predicted octanol–water partition coefficient (Wildman–Crippen LogP) is 8.00. The molecule has 1 aromatic carbocycles. The highest BCUT2D eigenvalue weighted by molar-refractivity contribution is 5.98. The van der Waals surface area contributed by atoms with Crippen LogP contribution in [0, 0.1) is 67.1 Å². The Balaban J connectivity index is 1.48. The van der Waals surface area contributed by atoms with Crippen molar-refractivity contribution in [1.82, 2.24) is 0 Å². The number of allylic oxidation sites excluding steroid dienone is 2. The van der Waals surface area contributed by atoms with Gasteiger partial charge in [0.05, 0.1) is 21.6 Å². The monoisotopic (exact) mass is 510 g/mol. The van der Waals surface area contributed by atoms with Gasteiger partial charge in [0, 0.05) is 12.0 Å². The van der Waals surface area contributed by atoms with E-state index in [9.17, 15) is 20.2 Å². The van der Waals surface area contributed by atoms with Crippen molar-refractivity contribution in [2.24, 2.45) is 51.9 Å². The quantitative estimate of drug-likeness (QED) is 0.267. The molecular weight excluding hydrogens is 468 g/mol. The Kier molecular flexibility index (Phi) is 8.05. The summed E-state index contributed by atoms with van der Waals surface area (Å²) in [6, 6.07) is 3.59. The zero-order valence-corrected chi connectivity index (χ0v) is 22.9. The number of hydrogen-bond donors (Lipinski definition) is 1. The number of non-ortho nitro benzene ring substituents is 1. The van der Waals surface area contributed by atoms with Crippen LogP contribution in [0.25, 0.3) is 0 Å². The summed E-state index contributed by atoms with van der Waals surface area (Å²) in [6.07, 6.45) is 13.5. The van der Waals surface area contributed by atoms with Gasteiger partial charge in [0.25, 0.3) is 5.69 Å². The molecule has 7 atom stereocenters. The highest BCUT2D eigenvalue weighted by Crippen LogP contribution is 2.63. The third-order valence-electron chi connectivity index (χ3n) is 9.88. The number of nitro benzene ring substituents is 2. The van der Waals surface area contributed by atoms with Gasteiger partial charge < -0.3 is 0 Å². The molecule has 37 heavy (non-hydrogen) atoms. The number of nitrogens with zero attached hydrogens (tertiary/aromatic N) is 3. The number of hydrazone groups is 1. The van der Waals surface area contributed by atoms with Crippen molar-refractivity contribution >= 4 is 22.8 Å². The minimum absolute atomic E-state index is 0.159. The van der Waals surface area contributed by atoms with Crippen LogP contribution in [0.2, 0.25) is 0 Å². The minimum atomic E-state index is -0.633. The molecule has 3 aliphatic rings. The van der Waals surface area contributed by atoms with E-state index in [-0.39, 0.29) is 23.0 Å². The highest BCUT2D eigenvalue weighted by atomic mass is 16.6. The zero-order chi connectivity index (χ0) is 26.9. The topological polar surface area (TPSA) is 111 Å². The van der Waals surface area contributed by atoms with Gasteiger partial charge in [-0.15, -0.1) is 0 Å². The van der Waals surface area contributed by atoms with Gasteiger partial charge in [-0.3, -0.25) is 25.7 Å². The fraction of sp³-hybridized carbons (Fsp3) is 0.690. The summed E-state index contributed by atoms with van der Waals surface area (Å²) in [5.41, 5.74) is 3.61. The van der Waals surface area contributed by atoms with Gasteiger partial charge in [-0.2, -0.15) is 5.10 Å². The molecule has 0 unspecified atom stereocenters. The molecule has 0 spiro atoms. The molecule has 1 N–H and O–H groups in total. The molecule has 0 bridgehead atoms. The van der Waals surface area contributed by atoms with E-state index in [1.54, 1.807) is 0 Å². The molecule has 0 radical (unpaired) electrons. The highest BCUT2D eigenvalue weighted by Gasteiger charge is 2.55. The van der Waals surface area contributed by atoms with E-state index in [1.165, 1.54) is 57.1 Å². The van der Waals surface area contributed by atoms with Gasteiger partial charge in [0.1, 0.15) is 5.69 Å². The number of hydrogen-bond acceptors (Lipinski definition) is 6. The van der Waals surface area contributed by atoms with Crippen LogP contribution < -0.4 is 5.43 Å². The molecular formula is C29H42N4O4. The molecule has 0 aliphatic heterocycles. The van der Waals surface area contributed by atoms with Crippen LogP contribution in [0.3, 0.4) is 0 Å². The Morgan fingerprint density at radius 1 is 1.11 bits per heavy atom. The first-order valence-corrected chi connectivity index (χ1v) is 14.0. The lowest BCUT2D eigenvalue weighted by Crippen LogP contribution is -2.46. The van der Waals surface area contributed by atoms with Gasteiger partial charge >= 0.3 is 5.69 Å². The first-order chi connectivity index (χ1) is 17.5. The van der Waals surface area contributed by atoms with Crippen molar-refractivity contribution in [3.8, 4) is 0 Å². The molecule has 0 heterocycles. The number of rotatable bonds is 9. The zero-order valence-electron chi connectivity index (χ0n) is 22.9. The second-order valence-electron chi connectivity index (χ2n) is 12.4. The molecule has 0 aromatic heterocycles. The van der Waals surface area contributed by atoms with E-state index in [1.807, 2.05) is 0 Å². The second kappa shape index (κ2) is 10.9. The smallest absolute Gasteiger partial charge is 0.271 e. The minimum Gasteiger partial charge on any atom is -0.271 e. The number of fused-ring (bicyclic) bond motifs is 3. The van der Waals surface area contributed by atoms with Crippen LogP contribution in [-0.4, -0.2) is 15.6 Å². The molecule has 4 rings (SSSR count). The number of benzene rings is 1. The molecule has 2 fully saturated rings. The van der Waals surface area contributed by atoms with E-state index in [4.69, 9.17) is 0 Å². The Morgan fingerprint density at radius 3 is 2.54 bits per heavy atom. The van der Waals surface area contributed by atoms with Gasteiger partial charge in [0.15, 0.2) is 0 Å². The van der Waals surface area contributed by atoms with Crippen molar-refractivity contribution in [1.29, 1.82) is 0 Å². The normalized spacial score (nSPS) is 32.7. The molecule has 8 nitrogen and oxygen atoms in total. The lowest BCUT2D eigenvalue weighted by Gasteiger charge is -2.51. The van der Waals surface area contributed by atoms with E-state index < -0.39 is 9.85 Å². The van der Waals surface area contributed by atoms with Gasteiger partial charge in [-0.1, -0.05) is 60.0 Å². The molecule has 3 aliphatic carbocycles. The fourth-order valence-electron chi connectivity index (χ4n) is 7.83. The van der Waals surface area contributed by atoms with Crippen molar-refractivity contribution in [3.63, 3.8) is 0 Å². The maximum Gasteiger partial charge on any atom is 0.301 e. The lowest BCUT2D eigenvalue weighted by atomic mass is 9.53. The summed E-state index contributed by atoms with van der Waals surface area (Å²) in [4.78, 5) is 21.3. The second-order valence-corrected chi connectivity index (χ2v) is 12.4. The summed E-state index contributed by atoms with van der Waals surface area (Å²) in [5.74, 6) is 4.36. The average Bonchev–Trinajstić information content (AvgIpc) is 3.20. The maximum atomic E-state index is 11.5. The Labute approximate surface area is 220 Å². The van der Waals surface area contributed by atoms with Crippen molar-refractivity contribution in [2.45, 2.75) is 79.6 Å². The first kappa shape index (κ1) is 27.3. The van der Waals surface area contributed by atoms with E-state index in [0.29, 0.717) is 23.2 Å². The Morgan fingerprint density at radius 2 is 1.86 bits per heavy atom. The van der Waals surface area contributed by atoms with E-state index in [0.717, 1.165) is 29.5 Å². The fourth-order valence-corrected chi connectivity index (χ4v) is 7.83. The summed E-state index contributed by atoms with van der Waals surface area (Å²) >= 11 is 0. The molecule has 202 valence electrons. The molecule has 0 saturated heterocycles. The van der Waals surface area contributed by atoms with Crippen molar-refractivity contribution in [2.75, 3.05) is 5.43 Å². The lowest BCUT2D eigenvalue weighted by molar-refractivity contribution is -0.393. The summed E-state index contributed by atoms with van der Waals surface area (Å²) < 4.78 is 0. The molecule has 8 heteroatoms. The van der Waals surface area contributed by atoms with Crippen LogP contribution >= 0.6 is 0 Å². The van der Waals surface area contributed by atoms with Gasteiger partial charge in [-0.05, 0) is 78.7 Å². The van der Waals surface area contributed by atoms with Crippen molar-refractivity contribution < 1.29 is 9.85 Å². The van der Waals surface area contributed by atoms with Crippen LogP contribution in [0.5, 0.6) is 0 Å². The molecule has 2 saturated carbocycles. The number of nitrogens with one attached hydrogen (secondary N) is 1. The van der Waals surface area contributed by atoms with Crippen molar-refractivity contribution in [3.05, 3.63) is 50.6 Å². The van der Waals surface area contributed by atoms with Crippen LogP contribution in [0.4, 0.5) is 17.1 Å². The molecule has 0 amide bonds. The Hall–Kier alpha value is -2.77. The summed E-state index contributed by atoms with van der Waals surface area (Å²) in [7, 11) is 0. The number of anilines is 1. The number of nitro groups is 2. The third kappa shape index (κ3) is 5.43. The van der Waals surface area contributed by atoms with Crippen LogP contribution in [0.1, 0.15) is 79.6 Å². The van der Waals surface area contributed by atoms with E-state index >= 15 is 0 Å². The summed E-state index contributed by atoms with van der Waals surface area (Å²) in [6.45, 7) is 11.9. The van der Waals surface area contributed by atoms with Crippen LogP contribution in [0.15, 0.2) is 35.5 Å². The maximum absolute atomic E-state index is 11.5. The predicted molar refractivity (Wildman–Crippen MR) is 148 cm³/mol. The largest absolute Gasteiger partial charge is 0.301 e. The average molecular weight is 511 g/mol. The molecule has 1 aromatic rings. The van der Waals surface area contributed by atoms with Gasteiger partial charge in [0.2, 0.25) is 0 Å². The first-order valence-electron chi connectivity index (χ1n) is 14.0. The van der Waals surface area contributed by atoms with E-state index in [2.05, 4.69) is 57.3 Å². The SMILES string of the molecule is CC(C)CCC[C@@H](C)[C@H]1CC[C@@H]2[C@@H]3C=C/C(=N\Nc4ccc([N+](=O)[O-])cc4[N+](=O)[O-])[C@@H](C)[C@H]3CC[C@]21C. The summed E-state index contributed by atoms with van der Waals surface area (Å²) in [5, 5.41) is 27.0. The van der Waals surface area contributed by atoms with Gasteiger partial charge in [-0.25, -0.2) is 0 Å². The third-order valence-corrected chi connectivity index (χ3v) is 9.88. The van der Waals surface area contributed by atoms with Crippen LogP contribution in [-0.2, 0) is 0 Å².